The Morgan fingerprint density at radius 1 is 1.10 bits per heavy atom. The maximum absolute atomic E-state index is 14.2. The van der Waals surface area contributed by atoms with E-state index in [1.807, 2.05) is 20.8 Å². The highest BCUT2D eigenvalue weighted by atomic mass is 19.1. The molecule has 0 unspecified atom stereocenters. The third kappa shape index (κ3) is 4.44. The predicted octanol–water partition coefficient (Wildman–Crippen LogP) is 3.95. The van der Waals surface area contributed by atoms with Crippen molar-refractivity contribution >= 4 is 5.69 Å². The molecule has 0 aliphatic heterocycles. The van der Waals surface area contributed by atoms with Crippen molar-refractivity contribution < 1.29 is 8.78 Å². The van der Waals surface area contributed by atoms with Gasteiger partial charge in [0.15, 0.2) is 0 Å². The van der Waals surface area contributed by atoms with E-state index in [2.05, 4.69) is 19.2 Å². The van der Waals surface area contributed by atoms with Gasteiger partial charge >= 0.3 is 0 Å². The minimum absolute atomic E-state index is 0.0638. The van der Waals surface area contributed by atoms with E-state index in [4.69, 9.17) is 0 Å². The highest BCUT2D eigenvalue weighted by Crippen LogP contribution is 2.26. The Kier molecular flexibility index (Phi) is 6.40. The van der Waals surface area contributed by atoms with E-state index >= 15 is 0 Å². The number of nitrogens with zero attached hydrogens (tertiary/aromatic N) is 1. The average Bonchev–Trinajstić information content (AvgIpc) is 2.32. The molecule has 0 bridgehead atoms. The molecule has 0 saturated carbocycles. The highest BCUT2D eigenvalue weighted by Gasteiger charge is 2.19. The van der Waals surface area contributed by atoms with Crippen LogP contribution in [0.25, 0.3) is 0 Å². The summed E-state index contributed by atoms with van der Waals surface area (Å²) in [6.07, 6.45) is 0. The van der Waals surface area contributed by atoms with Crippen molar-refractivity contribution in [1.82, 2.24) is 5.32 Å². The summed E-state index contributed by atoms with van der Waals surface area (Å²) < 4.78 is 28.4. The first kappa shape index (κ1) is 16.9. The van der Waals surface area contributed by atoms with Gasteiger partial charge in [0.2, 0.25) is 0 Å². The number of hydrogen-bond donors (Lipinski definition) is 1. The molecule has 1 aromatic rings. The molecule has 1 N–H and O–H groups in total. The SMILES string of the molecule is CCN(c1c(F)cc(CNCC(C)C)cc1F)C(C)C. The molecule has 0 atom stereocenters. The van der Waals surface area contributed by atoms with Crippen molar-refractivity contribution in [3.63, 3.8) is 0 Å². The second-order valence-electron chi connectivity index (χ2n) is 5.81. The molecule has 20 heavy (non-hydrogen) atoms. The molecule has 0 fully saturated rings. The molecule has 4 heteroatoms. The standard InChI is InChI=1S/C16H26F2N2/c1-6-20(12(4)5)16-14(17)7-13(8-15(16)18)10-19-9-11(2)3/h7-8,11-12,19H,6,9-10H2,1-5H3. The number of rotatable bonds is 7. The lowest BCUT2D eigenvalue weighted by molar-refractivity contribution is 0.537. The fourth-order valence-corrected chi connectivity index (χ4v) is 2.28. The molecule has 0 radical (unpaired) electrons. The molecule has 2 nitrogen and oxygen atoms in total. The Bertz CT molecular complexity index is 407. The Morgan fingerprint density at radius 2 is 1.65 bits per heavy atom. The minimum atomic E-state index is -0.484. The van der Waals surface area contributed by atoms with Crippen molar-refractivity contribution in [1.29, 1.82) is 0 Å². The topological polar surface area (TPSA) is 15.3 Å². The van der Waals surface area contributed by atoms with Crippen LogP contribution in [0.4, 0.5) is 14.5 Å². The minimum Gasteiger partial charge on any atom is -0.365 e. The Morgan fingerprint density at radius 3 is 2.05 bits per heavy atom. The van der Waals surface area contributed by atoms with E-state index in [0.717, 1.165) is 6.54 Å². The fourth-order valence-electron chi connectivity index (χ4n) is 2.28. The molecule has 0 spiro atoms. The van der Waals surface area contributed by atoms with Crippen LogP contribution in [0.5, 0.6) is 0 Å². The van der Waals surface area contributed by atoms with Crippen LogP contribution in [0.2, 0.25) is 0 Å². The summed E-state index contributed by atoms with van der Waals surface area (Å²) >= 11 is 0. The van der Waals surface area contributed by atoms with Gasteiger partial charge in [-0.2, -0.15) is 0 Å². The second kappa shape index (κ2) is 7.58. The summed E-state index contributed by atoms with van der Waals surface area (Å²) in [7, 11) is 0. The normalized spacial score (nSPS) is 11.4. The molecule has 0 saturated heterocycles. The van der Waals surface area contributed by atoms with Crippen LogP contribution in [-0.2, 0) is 6.54 Å². The van der Waals surface area contributed by atoms with Crippen LogP contribution in [0.15, 0.2) is 12.1 Å². The quantitative estimate of drug-likeness (QED) is 0.815. The first-order valence-electron chi connectivity index (χ1n) is 7.32. The lowest BCUT2D eigenvalue weighted by Crippen LogP contribution is -2.32. The van der Waals surface area contributed by atoms with Crippen molar-refractivity contribution in [3.8, 4) is 0 Å². The molecule has 114 valence electrons. The van der Waals surface area contributed by atoms with E-state index < -0.39 is 11.6 Å². The van der Waals surface area contributed by atoms with Crippen LogP contribution in [0, 0.1) is 17.6 Å². The number of benzene rings is 1. The van der Waals surface area contributed by atoms with E-state index in [1.54, 1.807) is 4.90 Å². The molecule has 0 heterocycles. The van der Waals surface area contributed by atoms with Gasteiger partial charge in [0, 0.05) is 19.1 Å². The summed E-state index contributed by atoms with van der Waals surface area (Å²) in [6.45, 7) is 11.9. The molecule has 0 aromatic heterocycles. The van der Waals surface area contributed by atoms with E-state index in [1.165, 1.54) is 12.1 Å². The van der Waals surface area contributed by atoms with Gasteiger partial charge in [-0.05, 0) is 50.9 Å². The van der Waals surface area contributed by atoms with Gasteiger partial charge in [0.05, 0.1) is 0 Å². The van der Waals surface area contributed by atoms with Crippen molar-refractivity contribution in [3.05, 3.63) is 29.3 Å². The maximum Gasteiger partial charge on any atom is 0.149 e. The van der Waals surface area contributed by atoms with Gasteiger partial charge in [0.1, 0.15) is 17.3 Å². The van der Waals surface area contributed by atoms with Crippen LogP contribution in [0.1, 0.15) is 40.2 Å². The second-order valence-corrected chi connectivity index (χ2v) is 5.81. The number of halogens is 2. The van der Waals surface area contributed by atoms with Crippen molar-refractivity contribution in [2.45, 2.75) is 47.2 Å². The maximum atomic E-state index is 14.2. The van der Waals surface area contributed by atoms with E-state index in [0.29, 0.717) is 24.6 Å². The Hall–Kier alpha value is -1.16. The lowest BCUT2D eigenvalue weighted by atomic mass is 10.1. The largest absolute Gasteiger partial charge is 0.365 e. The zero-order valence-electron chi connectivity index (χ0n) is 13.1. The molecule has 0 amide bonds. The monoisotopic (exact) mass is 284 g/mol. The third-order valence-corrected chi connectivity index (χ3v) is 3.21. The molecule has 1 rings (SSSR count). The summed E-state index contributed by atoms with van der Waals surface area (Å²) in [5.74, 6) is -0.454. The lowest BCUT2D eigenvalue weighted by Gasteiger charge is -2.28. The molecular formula is C16H26F2N2. The van der Waals surface area contributed by atoms with Gasteiger partial charge in [-0.25, -0.2) is 8.78 Å². The summed E-state index contributed by atoms with van der Waals surface area (Å²) in [4.78, 5) is 1.73. The Balaban J connectivity index is 2.91. The van der Waals surface area contributed by atoms with Gasteiger partial charge in [0.25, 0.3) is 0 Å². The van der Waals surface area contributed by atoms with Crippen LogP contribution in [-0.4, -0.2) is 19.1 Å². The molecule has 1 aromatic carbocycles. The zero-order chi connectivity index (χ0) is 15.3. The van der Waals surface area contributed by atoms with Crippen LogP contribution >= 0.6 is 0 Å². The van der Waals surface area contributed by atoms with Crippen LogP contribution in [0.3, 0.4) is 0 Å². The molecule has 0 aliphatic carbocycles. The molecule has 0 aliphatic rings. The first-order chi connectivity index (χ1) is 9.36. The van der Waals surface area contributed by atoms with E-state index in [9.17, 15) is 8.78 Å². The van der Waals surface area contributed by atoms with Gasteiger partial charge in [-0.3, -0.25) is 0 Å². The van der Waals surface area contributed by atoms with E-state index in [-0.39, 0.29) is 11.7 Å². The zero-order valence-corrected chi connectivity index (χ0v) is 13.1. The number of hydrogen-bond acceptors (Lipinski definition) is 2. The predicted molar refractivity (Wildman–Crippen MR) is 81.1 cm³/mol. The number of anilines is 1. The summed E-state index contributed by atoms with van der Waals surface area (Å²) in [6, 6.07) is 2.92. The average molecular weight is 284 g/mol. The van der Waals surface area contributed by atoms with Gasteiger partial charge in [-0.15, -0.1) is 0 Å². The van der Waals surface area contributed by atoms with Crippen molar-refractivity contribution in [2.75, 3.05) is 18.0 Å². The van der Waals surface area contributed by atoms with Crippen molar-refractivity contribution in [2.24, 2.45) is 5.92 Å². The Labute approximate surface area is 121 Å². The van der Waals surface area contributed by atoms with Crippen LogP contribution < -0.4 is 10.2 Å². The third-order valence-electron chi connectivity index (χ3n) is 3.21. The summed E-state index contributed by atoms with van der Waals surface area (Å²) in [5, 5.41) is 3.19. The smallest absolute Gasteiger partial charge is 0.149 e. The van der Waals surface area contributed by atoms with Gasteiger partial charge in [-0.1, -0.05) is 13.8 Å². The fraction of sp³-hybridized carbons (Fsp3) is 0.625. The number of nitrogens with one attached hydrogen (secondary N) is 1. The summed E-state index contributed by atoms with van der Waals surface area (Å²) in [5.41, 5.74) is 0.722. The highest BCUT2D eigenvalue weighted by molar-refractivity contribution is 5.51. The molecular weight excluding hydrogens is 258 g/mol. The van der Waals surface area contributed by atoms with Gasteiger partial charge < -0.3 is 10.2 Å². The first-order valence-corrected chi connectivity index (χ1v) is 7.32.